The monoisotopic (exact) mass is 415 g/mol. The van der Waals surface area contributed by atoms with Crippen LogP contribution < -0.4 is 0 Å². The average molecular weight is 415 g/mol. The molecule has 22 heavy (non-hydrogen) atoms. The zero-order valence-electron chi connectivity index (χ0n) is 14.1. The van der Waals surface area contributed by atoms with Crippen LogP contribution >= 0.6 is 22.6 Å². The summed E-state index contributed by atoms with van der Waals surface area (Å²) in [5, 5.41) is 1.60. The van der Waals surface area contributed by atoms with Crippen LogP contribution in [0.1, 0.15) is 45.7 Å². The van der Waals surface area contributed by atoms with Gasteiger partial charge >= 0.3 is 0 Å². The molecule has 2 rings (SSSR count). The van der Waals surface area contributed by atoms with Crippen molar-refractivity contribution in [3.63, 3.8) is 0 Å². The molecule has 1 saturated heterocycles. The van der Waals surface area contributed by atoms with E-state index >= 15 is 0 Å². The van der Waals surface area contributed by atoms with Gasteiger partial charge in [0.2, 0.25) is 0 Å². The van der Waals surface area contributed by atoms with Crippen LogP contribution in [0.3, 0.4) is 0 Å². The van der Waals surface area contributed by atoms with Crippen molar-refractivity contribution < 1.29 is 9.63 Å². The number of benzene rings is 1. The number of alkyl halides is 1. The van der Waals surface area contributed by atoms with Crippen LogP contribution in [0.4, 0.5) is 0 Å². The number of amides is 1. The molecule has 0 unspecified atom stereocenters. The van der Waals surface area contributed by atoms with Gasteiger partial charge in [0.25, 0.3) is 5.91 Å². The number of rotatable bonds is 4. The van der Waals surface area contributed by atoms with Gasteiger partial charge in [-0.1, -0.05) is 80.6 Å². The van der Waals surface area contributed by atoms with E-state index < -0.39 is 5.41 Å². The molecule has 0 spiro atoms. The van der Waals surface area contributed by atoms with Crippen molar-refractivity contribution in [3.8, 4) is 0 Å². The van der Waals surface area contributed by atoms with Crippen LogP contribution in [0.2, 0.25) is 0 Å². The maximum atomic E-state index is 13.1. The van der Waals surface area contributed by atoms with Gasteiger partial charge in [-0.15, -0.1) is 0 Å². The second kappa shape index (κ2) is 6.48. The lowest BCUT2D eigenvalue weighted by Gasteiger charge is -2.35. The lowest BCUT2D eigenvalue weighted by atomic mass is 9.67. The van der Waals surface area contributed by atoms with Crippen LogP contribution in [-0.2, 0) is 9.63 Å². The molecule has 4 heteroatoms. The SMILES string of the molecule is CON1C(=O)[C@@](C)(CC(C)(C)C)[C@@H](CI)[C@@H]1c1ccccc1. The summed E-state index contributed by atoms with van der Waals surface area (Å²) < 4.78 is 0.926. The fourth-order valence-corrected chi connectivity index (χ4v) is 5.28. The standard InChI is InChI=1S/C18H26INO2/c1-17(2,3)12-18(4)14(11-19)15(20(22-5)16(18)21)13-9-7-6-8-10-13/h6-10,14-15H,11-12H2,1-5H3/t14-,15-,18-/m0/s1. The molecule has 1 aliphatic rings. The van der Waals surface area contributed by atoms with Crippen molar-refractivity contribution in [3.05, 3.63) is 35.9 Å². The van der Waals surface area contributed by atoms with Crippen LogP contribution in [0.15, 0.2) is 30.3 Å². The van der Waals surface area contributed by atoms with Crippen LogP contribution in [0, 0.1) is 16.7 Å². The molecule has 0 bridgehead atoms. The molecular weight excluding hydrogens is 389 g/mol. The predicted octanol–water partition coefficient (Wildman–Crippen LogP) is 4.63. The quantitative estimate of drug-likeness (QED) is 0.531. The Labute approximate surface area is 147 Å². The van der Waals surface area contributed by atoms with E-state index in [1.165, 1.54) is 0 Å². The van der Waals surface area contributed by atoms with E-state index in [0.717, 1.165) is 16.4 Å². The maximum Gasteiger partial charge on any atom is 0.253 e. The van der Waals surface area contributed by atoms with Crippen molar-refractivity contribution in [1.82, 2.24) is 5.06 Å². The van der Waals surface area contributed by atoms with Gasteiger partial charge in [0.05, 0.1) is 18.6 Å². The highest BCUT2D eigenvalue weighted by Gasteiger charge is 2.57. The average Bonchev–Trinajstić information content (AvgIpc) is 2.65. The fraction of sp³-hybridized carbons (Fsp3) is 0.611. The maximum absolute atomic E-state index is 13.1. The molecule has 1 aromatic carbocycles. The third-order valence-corrected chi connectivity index (χ3v) is 5.49. The second-order valence-electron chi connectivity index (χ2n) is 7.58. The number of halogens is 1. The largest absolute Gasteiger partial charge is 0.274 e. The summed E-state index contributed by atoms with van der Waals surface area (Å²) in [6.45, 7) is 8.70. The first-order chi connectivity index (χ1) is 10.2. The van der Waals surface area contributed by atoms with E-state index in [9.17, 15) is 4.79 Å². The molecule has 0 saturated carbocycles. The smallest absolute Gasteiger partial charge is 0.253 e. The number of carbonyl (C=O) groups excluding carboxylic acids is 1. The summed E-state index contributed by atoms with van der Waals surface area (Å²) in [4.78, 5) is 18.6. The normalized spacial score (nSPS) is 29.2. The van der Waals surface area contributed by atoms with Crippen molar-refractivity contribution >= 4 is 28.5 Å². The van der Waals surface area contributed by atoms with Crippen molar-refractivity contribution in [1.29, 1.82) is 0 Å². The molecule has 0 N–H and O–H groups in total. The van der Waals surface area contributed by atoms with Gasteiger partial charge in [-0.2, -0.15) is 0 Å². The Morgan fingerprint density at radius 2 is 1.86 bits per heavy atom. The molecule has 3 atom stereocenters. The highest BCUT2D eigenvalue weighted by atomic mass is 127. The van der Waals surface area contributed by atoms with E-state index in [0.29, 0.717) is 0 Å². The van der Waals surface area contributed by atoms with E-state index in [2.05, 4.69) is 62.4 Å². The lowest BCUT2D eigenvalue weighted by Crippen LogP contribution is -2.37. The van der Waals surface area contributed by atoms with Gasteiger partial charge < -0.3 is 0 Å². The first-order valence-corrected chi connectivity index (χ1v) is 9.26. The Kier molecular flexibility index (Phi) is 5.22. The second-order valence-corrected chi connectivity index (χ2v) is 8.47. The molecule has 1 aliphatic heterocycles. The molecule has 1 amide bonds. The van der Waals surface area contributed by atoms with Gasteiger partial charge in [-0.3, -0.25) is 9.63 Å². The summed E-state index contributed by atoms with van der Waals surface area (Å²) in [5.74, 6) is 0.350. The van der Waals surface area contributed by atoms with Crippen LogP contribution in [0.5, 0.6) is 0 Å². The Balaban J connectivity index is 2.48. The molecule has 1 fully saturated rings. The van der Waals surface area contributed by atoms with Crippen LogP contribution in [-0.4, -0.2) is 22.5 Å². The molecule has 1 aromatic rings. The lowest BCUT2D eigenvalue weighted by molar-refractivity contribution is -0.183. The topological polar surface area (TPSA) is 29.5 Å². The van der Waals surface area contributed by atoms with Crippen molar-refractivity contribution in [2.45, 2.75) is 40.2 Å². The summed E-state index contributed by atoms with van der Waals surface area (Å²) in [6, 6.07) is 10.2. The number of nitrogens with zero attached hydrogens (tertiary/aromatic N) is 1. The van der Waals surface area contributed by atoms with Crippen LogP contribution in [0.25, 0.3) is 0 Å². The molecular formula is C18H26INO2. The minimum absolute atomic E-state index is 0.0112. The van der Waals surface area contributed by atoms with Gasteiger partial charge in [-0.25, -0.2) is 5.06 Å². The predicted molar refractivity (Wildman–Crippen MR) is 97.6 cm³/mol. The first kappa shape index (κ1) is 17.7. The Morgan fingerprint density at radius 1 is 1.27 bits per heavy atom. The Hall–Kier alpha value is -0.620. The number of hydrogen-bond donors (Lipinski definition) is 0. The number of hydrogen-bond acceptors (Lipinski definition) is 2. The highest BCUT2D eigenvalue weighted by molar-refractivity contribution is 14.1. The number of carbonyl (C=O) groups is 1. The number of hydroxylamine groups is 2. The Bertz CT molecular complexity index is 526. The summed E-state index contributed by atoms with van der Waals surface area (Å²) in [6.07, 6.45) is 0.857. The molecule has 3 nitrogen and oxygen atoms in total. The van der Waals surface area contributed by atoms with Gasteiger partial charge in [0.15, 0.2) is 0 Å². The minimum Gasteiger partial charge on any atom is -0.274 e. The molecule has 1 heterocycles. The first-order valence-electron chi connectivity index (χ1n) is 7.73. The van der Waals surface area contributed by atoms with E-state index in [4.69, 9.17) is 4.84 Å². The van der Waals surface area contributed by atoms with Crippen molar-refractivity contribution in [2.24, 2.45) is 16.7 Å². The third-order valence-electron chi connectivity index (χ3n) is 4.54. The highest BCUT2D eigenvalue weighted by Crippen LogP contribution is 2.54. The minimum atomic E-state index is -0.393. The molecule has 0 aliphatic carbocycles. The Morgan fingerprint density at radius 3 is 2.32 bits per heavy atom. The summed E-state index contributed by atoms with van der Waals surface area (Å²) >= 11 is 2.41. The van der Waals surface area contributed by atoms with Gasteiger partial charge in [-0.05, 0) is 17.4 Å². The van der Waals surface area contributed by atoms with Crippen molar-refractivity contribution in [2.75, 3.05) is 11.5 Å². The van der Waals surface area contributed by atoms with Gasteiger partial charge in [0.1, 0.15) is 0 Å². The van der Waals surface area contributed by atoms with E-state index in [1.54, 1.807) is 12.2 Å². The third kappa shape index (κ3) is 3.18. The molecule has 122 valence electrons. The summed E-state index contributed by atoms with van der Waals surface area (Å²) in [5.41, 5.74) is 0.854. The van der Waals surface area contributed by atoms with E-state index in [1.807, 2.05) is 18.2 Å². The zero-order valence-corrected chi connectivity index (χ0v) is 16.3. The van der Waals surface area contributed by atoms with E-state index in [-0.39, 0.29) is 23.3 Å². The fourth-order valence-electron chi connectivity index (χ4n) is 3.83. The summed E-state index contributed by atoms with van der Waals surface area (Å²) in [7, 11) is 1.60. The zero-order chi connectivity index (χ0) is 16.5. The molecule has 0 aromatic heterocycles. The molecule has 0 radical (unpaired) electrons. The van der Waals surface area contributed by atoms with Gasteiger partial charge in [0, 0.05) is 10.3 Å².